The molecule has 5 atom stereocenters. The molecule has 1 fully saturated rings. The average Bonchev–Trinajstić information content (AvgIpc) is 3.23. The number of carboxylic acids is 1. The number of aliphatic hydroxyl groups is 2. The van der Waals surface area contributed by atoms with Crippen LogP contribution in [0.25, 0.3) is 0 Å². The molecule has 2 aliphatic rings. The summed E-state index contributed by atoms with van der Waals surface area (Å²) in [5, 5.41) is 29.5. The lowest BCUT2D eigenvalue weighted by atomic mass is 9.89. The standard InChI is InChI=1S/C24H31FO4/c25-21-15-23(27)20(9-3-1-2-4-10-24(28)29)19(21)11-12-22(26)18-13-16-7-5-6-8-17(16)14-18/h1,3,5-8,11-12,18-23,26-27H,2,4,9-10,13-15H2,(H,28,29)/b3-1+,12-11+. The number of carbonyl (C=O) groups is 1. The first kappa shape index (κ1) is 21.7. The van der Waals surface area contributed by atoms with Crippen LogP contribution in [0.2, 0.25) is 0 Å². The van der Waals surface area contributed by atoms with Gasteiger partial charge in [0.2, 0.25) is 0 Å². The molecular formula is C24H31FO4. The Balaban J connectivity index is 1.53. The minimum atomic E-state index is -1.11. The summed E-state index contributed by atoms with van der Waals surface area (Å²) in [6.45, 7) is 0. The second-order valence-electron chi connectivity index (χ2n) is 8.37. The molecule has 5 heteroatoms. The van der Waals surface area contributed by atoms with Crippen molar-refractivity contribution < 1.29 is 24.5 Å². The highest BCUT2D eigenvalue weighted by molar-refractivity contribution is 5.66. The number of hydrogen-bond donors (Lipinski definition) is 3. The third-order valence-electron chi connectivity index (χ3n) is 6.31. The summed E-state index contributed by atoms with van der Waals surface area (Å²) in [5.74, 6) is -1.32. The molecule has 1 aromatic rings. The Morgan fingerprint density at radius 2 is 1.90 bits per heavy atom. The van der Waals surface area contributed by atoms with Crippen LogP contribution in [0.5, 0.6) is 0 Å². The summed E-state index contributed by atoms with van der Waals surface area (Å²) in [6.07, 6.45) is 8.57. The fourth-order valence-electron chi connectivity index (χ4n) is 4.64. The average molecular weight is 403 g/mol. The first-order valence-electron chi connectivity index (χ1n) is 10.6. The van der Waals surface area contributed by atoms with Gasteiger partial charge in [0, 0.05) is 18.8 Å². The van der Waals surface area contributed by atoms with Crippen LogP contribution < -0.4 is 0 Å². The smallest absolute Gasteiger partial charge is 0.303 e. The van der Waals surface area contributed by atoms with E-state index in [0.29, 0.717) is 19.3 Å². The zero-order chi connectivity index (χ0) is 20.8. The van der Waals surface area contributed by atoms with Crippen molar-refractivity contribution in [2.75, 3.05) is 0 Å². The molecular weight excluding hydrogens is 371 g/mol. The highest BCUT2D eigenvalue weighted by atomic mass is 19.1. The Morgan fingerprint density at radius 3 is 2.55 bits per heavy atom. The molecule has 0 saturated heterocycles. The second kappa shape index (κ2) is 10.2. The molecule has 1 aromatic carbocycles. The number of halogens is 1. The molecule has 4 nitrogen and oxygen atoms in total. The van der Waals surface area contributed by atoms with E-state index < -0.39 is 30.3 Å². The summed E-state index contributed by atoms with van der Waals surface area (Å²) in [7, 11) is 0. The predicted octanol–water partition coefficient (Wildman–Crippen LogP) is 3.85. The Labute approximate surface area is 171 Å². The Bertz CT molecular complexity index is 719. The fourth-order valence-corrected chi connectivity index (χ4v) is 4.64. The molecule has 3 rings (SSSR count). The number of alkyl halides is 1. The van der Waals surface area contributed by atoms with E-state index in [-0.39, 0.29) is 24.7 Å². The molecule has 0 radical (unpaired) electrons. The number of aliphatic hydroxyl groups excluding tert-OH is 2. The van der Waals surface area contributed by atoms with Gasteiger partial charge in [0.1, 0.15) is 6.17 Å². The number of allylic oxidation sites excluding steroid dienone is 3. The maximum atomic E-state index is 14.5. The number of carboxylic acid groups (broad SMARTS) is 1. The number of hydrogen-bond acceptors (Lipinski definition) is 3. The molecule has 29 heavy (non-hydrogen) atoms. The molecule has 0 amide bonds. The first-order valence-corrected chi connectivity index (χ1v) is 10.6. The molecule has 0 aromatic heterocycles. The molecule has 158 valence electrons. The number of unbranched alkanes of at least 4 members (excludes halogenated alkanes) is 1. The summed E-state index contributed by atoms with van der Waals surface area (Å²) < 4.78 is 14.5. The number of fused-ring (bicyclic) bond motifs is 1. The normalized spacial score (nSPS) is 28.4. The van der Waals surface area contributed by atoms with Crippen LogP contribution in [0, 0.1) is 17.8 Å². The maximum absolute atomic E-state index is 14.5. The first-order chi connectivity index (χ1) is 14.0. The van der Waals surface area contributed by atoms with Gasteiger partial charge in [0.15, 0.2) is 0 Å². The second-order valence-corrected chi connectivity index (χ2v) is 8.37. The van der Waals surface area contributed by atoms with E-state index in [1.807, 2.05) is 24.3 Å². The topological polar surface area (TPSA) is 77.8 Å². The van der Waals surface area contributed by atoms with Crippen LogP contribution in [0.1, 0.15) is 43.2 Å². The van der Waals surface area contributed by atoms with Gasteiger partial charge in [0.05, 0.1) is 12.2 Å². The van der Waals surface area contributed by atoms with Gasteiger partial charge >= 0.3 is 5.97 Å². The van der Waals surface area contributed by atoms with Crippen LogP contribution in [0.15, 0.2) is 48.6 Å². The largest absolute Gasteiger partial charge is 0.481 e. The minimum Gasteiger partial charge on any atom is -0.481 e. The van der Waals surface area contributed by atoms with Crippen molar-refractivity contribution in [2.45, 2.75) is 63.3 Å². The highest BCUT2D eigenvalue weighted by Crippen LogP contribution is 2.38. The molecule has 1 saturated carbocycles. The maximum Gasteiger partial charge on any atom is 0.303 e. The van der Waals surface area contributed by atoms with Gasteiger partial charge in [0.25, 0.3) is 0 Å². The Kier molecular flexibility index (Phi) is 7.62. The predicted molar refractivity (Wildman–Crippen MR) is 110 cm³/mol. The molecule has 0 heterocycles. The van der Waals surface area contributed by atoms with E-state index in [9.17, 15) is 19.4 Å². The van der Waals surface area contributed by atoms with E-state index in [1.165, 1.54) is 11.1 Å². The lowest BCUT2D eigenvalue weighted by Gasteiger charge is -2.20. The van der Waals surface area contributed by atoms with Crippen molar-refractivity contribution in [1.82, 2.24) is 0 Å². The van der Waals surface area contributed by atoms with Crippen molar-refractivity contribution in [2.24, 2.45) is 17.8 Å². The van der Waals surface area contributed by atoms with Gasteiger partial charge in [-0.2, -0.15) is 0 Å². The SMILES string of the molecule is O=C(O)CCC/C=C/CC1C(O)CC(F)C1/C=C/C(O)C1Cc2ccccc2C1. The molecule has 3 N–H and O–H groups in total. The molecule has 0 bridgehead atoms. The summed E-state index contributed by atoms with van der Waals surface area (Å²) in [6, 6.07) is 8.21. The van der Waals surface area contributed by atoms with E-state index >= 15 is 0 Å². The molecule has 2 aliphatic carbocycles. The van der Waals surface area contributed by atoms with Crippen molar-refractivity contribution in [1.29, 1.82) is 0 Å². The van der Waals surface area contributed by atoms with Gasteiger partial charge in [-0.1, -0.05) is 48.6 Å². The quantitative estimate of drug-likeness (QED) is 0.433. The zero-order valence-electron chi connectivity index (χ0n) is 16.7. The molecule has 5 unspecified atom stereocenters. The number of aliphatic carboxylic acids is 1. The van der Waals surface area contributed by atoms with Crippen LogP contribution in [-0.2, 0) is 17.6 Å². The van der Waals surface area contributed by atoms with E-state index in [2.05, 4.69) is 12.1 Å². The van der Waals surface area contributed by atoms with Gasteiger partial charge in [-0.15, -0.1) is 0 Å². The summed E-state index contributed by atoms with van der Waals surface area (Å²) in [4.78, 5) is 10.5. The van der Waals surface area contributed by atoms with Crippen LogP contribution in [-0.4, -0.2) is 39.7 Å². The third kappa shape index (κ3) is 5.77. The van der Waals surface area contributed by atoms with Crippen molar-refractivity contribution in [3.63, 3.8) is 0 Å². The monoisotopic (exact) mass is 402 g/mol. The minimum absolute atomic E-state index is 0.112. The van der Waals surface area contributed by atoms with Gasteiger partial charge in [-0.05, 0) is 55.1 Å². The summed E-state index contributed by atoms with van der Waals surface area (Å²) >= 11 is 0. The lowest BCUT2D eigenvalue weighted by Crippen LogP contribution is -2.21. The van der Waals surface area contributed by atoms with E-state index in [0.717, 1.165) is 12.8 Å². The van der Waals surface area contributed by atoms with Crippen molar-refractivity contribution in [3.05, 3.63) is 59.7 Å². The van der Waals surface area contributed by atoms with Crippen LogP contribution >= 0.6 is 0 Å². The van der Waals surface area contributed by atoms with Crippen LogP contribution in [0.4, 0.5) is 4.39 Å². The lowest BCUT2D eigenvalue weighted by molar-refractivity contribution is -0.137. The van der Waals surface area contributed by atoms with Gasteiger partial charge < -0.3 is 15.3 Å². The highest BCUT2D eigenvalue weighted by Gasteiger charge is 2.40. The third-order valence-corrected chi connectivity index (χ3v) is 6.31. The van der Waals surface area contributed by atoms with E-state index in [1.54, 1.807) is 12.2 Å². The van der Waals surface area contributed by atoms with Gasteiger partial charge in [-0.3, -0.25) is 4.79 Å². The van der Waals surface area contributed by atoms with Crippen LogP contribution in [0.3, 0.4) is 0 Å². The fraction of sp³-hybridized carbons (Fsp3) is 0.542. The molecule has 0 aliphatic heterocycles. The number of rotatable bonds is 9. The van der Waals surface area contributed by atoms with Gasteiger partial charge in [-0.25, -0.2) is 4.39 Å². The van der Waals surface area contributed by atoms with Crippen molar-refractivity contribution >= 4 is 5.97 Å². The molecule has 0 spiro atoms. The number of benzene rings is 1. The summed E-state index contributed by atoms with van der Waals surface area (Å²) in [5.41, 5.74) is 2.55. The Morgan fingerprint density at radius 1 is 1.21 bits per heavy atom. The van der Waals surface area contributed by atoms with Crippen molar-refractivity contribution in [3.8, 4) is 0 Å². The Hall–Kier alpha value is -1.98. The zero-order valence-corrected chi connectivity index (χ0v) is 16.7. The van der Waals surface area contributed by atoms with E-state index in [4.69, 9.17) is 5.11 Å².